The molecule has 0 radical (unpaired) electrons. The Hall–Kier alpha value is -1.98. The van der Waals surface area contributed by atoms with E-state index in [0.29, 0.717) is 17.9 Å². The van der Waals surface area contributed by atoms with E-state index in [-0.39, 0.29) is 17.8 Å². The highest BCUT2D eigenvalue weighted by atomic mass is 16.4. The van der Waals surface area contributed by atoms with Crippen LogP contribution in [0.2, 0.25) is 0 Å². The maximum atomic E-state index is 12.8. The van der Waals surface area contributed by atoms with Crippen LogP contribution < -0.4 is 5.73 Å². The van der Waals surface area contributed by atoms with Gasteiger partial charge in [0.1, 0.15) is 11.5 Å². The number of amides is 1. The van der Waals surface area contributed by atoms with E-state index in [4.69, 9.17) is 15.4 Å². The molecule has 0 saturated carbocycles. The van der Waals surface area contributed by atoms with Crippen molar-refractivity contribution in [2.75, 3.05) is 6.54 Å². The molecule has 6 heteroatoms. The summed E-state index contributed by atoms with van der Waals surface area (Å²) in [5.74, 6) is 1.36. The molecule has 1 aliphatic heterocycles. The van der Waals surface area contributed by atoms with Crippen molar-refractivity contribution in [1.29, 1.82) is 0 Å². The zero-order chi connectivity index (χ0) is 14.9. The number of nitrogens with two attached hydrogens (primary N) is 1. The maximum Gasteiger partial charge on any atom is 0.258 e. The van der Waals surface area contributed by atoms with Crippen LogP contribution in [0.25, 0.3) is 0 Å². The first-order valence-electron chi connectivity index (χ1n) is 6.82. The Morgan fingerprint density at radius 1 is 1.35 bits per heavy atom. The predicted octanol–water partition coefficient (Wildman–Crippen LogP) is 1.95. The number of oxime groups is 1. The molecular weight excluding hydrogens is 258 g/mol. The molecule has 1 fully saturated rings. The van der Waals surface area contributed by atoms with Crippen LogP contribution in [0.3, 0.4) is 0 Å². The Balaban J connectivity index is 2.35. The second-order valence-electron chi connectivity index (χ2n) is 5.25. The van der Waals surface area contributed by atoms with Crippen molar-refractivity contribution in [2.24, 2.45) is 10.9 Å². The second-order valence-corrected chi connectivity index (χ2v) is 5.25. The number of rotatable bonds is 2. The van der Waals surface area contributed by atoms with Crippen molar-refractivity contribution >= 4 is 11.7 Å². The molecule has 0 spiro atoms. The SMILES string of the molecule is Cc1oc(C)c(C(=O)N2CCCCC2C(N)=NO)c1C. The molecule has 1 atom stereocenters. The van der Waals surface area contributed by atoms with Crippen molar-refractivity contribution in [2.45, 2.75) is 46.1 Å². The van der Waals surface area contributed by atoms with Crippen LogP contribution >= 0.6 is 0 Å². The van der Waals surface area contributed by atoms with Crippen molar-refractivity contribution in [3.63, 3.8) is 0 Å². The lowest BCUT2D eigenvalue weighted by atomic mass is 9.99. The van der Waals surface area contributed by atoms with Gasteiger partial charge in [-0.25, -0.2) is 0 Å². The molecule has 1 unspecified atom stereocenters. The summed E-state index contributed by atoms with van der Waals surface area (Å²) in [6.45, 7) is 6.12. The second kappa shape index (κ2) is 5.56. The van der Waals surface area contributed by atoms with Crippen LogP contribution in [0, 0.1) is 20.8 Å². The average molecular weight is 279 g/mol. The standard InChI is InChI=1S/C14H21N3O3/c1-8-9(2)20-10(3)12(8)14(18)17-7-5-4-6-11(17)13(15)16-19/h11,19H,4-7H2,1-3H3,(H2,15,16). The van der Waals surface area contributed by atoms with Gasteiger partial charge in [0.05, 0.1) is 11.6 Å². The molecule has 1 amide bonds. The summed E-state index contributed by atoms with van der Waals surface area (Å²) in [5, 5.41) is 11.9. The number of carbonyl (C=O) groups is 1. The first-order chi connectivity index (χ1) is 9.47. The first kappa shape index (κ1) is 14.4. The van der Waals surface area contributed by atoms with Crippen LogP contribution in [0.15, 0.2) is 9.57 Å². The van der Waals surface area contributed by atoms with Crippen LogP contribution in [0.5, 0.6) is 0 Å². The smallest absolute Gasteiger partial charge is 0.258 e. The van der Waals surface area contributed by atoms with Gasteiger partial charge < -0.3 is 20.3 Å². The molecule has 0 bridgehead atoms. The first-order valence-corrected chi connectivity index (χ1v) is 6.82. The summed E-state index contributed by atoms with van der Waals surface area (Å²) in [4.78, 5) is 14.4. The number of carbonyl (C=O) groups excluding carboxylic acids is 1. The van der Waals surface area contributed by atoms with Gasteiger partial charge in [-0.3, -0.25) is 4.79 Å². The van der Waals surface area contributed by atoms with Crippen LogP contribution in [0.1, 0.15) is 46.7 Å². The van der Waals surface area contributed by atoms with Crippen LogP contribution in [0.4, 0.5) is 0 Å². The summed E-state index contributed by atoms with van der Waals surface area (Å²) in [5.41, 5.74) is 7.17. The third-order valence-corrected chi connectivity index (χ3v) is 4.00. The van der Waals surface area contributed by atoms with Crippen LogP contribution in [-0.2, 0) is 0 Å². The fourth-order valence-corrected chi connectivity index (χ4v) is 2.80. The zero-order valence-electron chi connectivity index (χ0n) is 12.1. The number of hydrogen-bond donors (Lipinski definition) is 2. The molecule has 0 aliphatic carbocycles. The van der Waals surface area contributed by atoms with Gasteiger partial charge in [0, 0.05) is 12.1 Å². The predicted molar refractivity (Wildman–Crippen MR) is 75.0 cm³/mol. The average Bonchev–Trinajstić information content (AvgIpc) is 2.70. The molecule has 1 aliphatic rings. The van der Waals surface area contributed by atoms with E-state index < -0.39 is 0 Å². The normalized spacial score (nSPS) is 20.2. The van der Waals surface area contributed by atoms with Gasteiger partial charge >= 0.3 is 0 Å². The maximum absolute atomic E-state index is 12.8. The highest BCUT2D eigenvalue weighted by molar-refractivity contribution is 6.00. The Labute approximate surface area is 118 Å². The number of piperidine rings is 1. The monoisotopic (exact) mass is 279 g/mol. The van der Waals surface area contributed by atoms with Gasteiger partial charge in [-0.2, -0.15) is 0 Å². The highest BCUT2D eigenvalue weighted by Crippen LogP contribution is 2.26. The van der Waals surface area contributed by atoms with Crippen molar-refractivity contribution in [3.8, 4) is 0 Å². The third kappa shape index (κ3) is 2.37. The number of amidine groups is 1. The fourth-order valence-electron chi connectivity index (χ4n) is 2.80. The summed E-state index contributed by atoms with van der Waals surface area (Å²) >= 11 is 0. The van der Waals surface area contributed by atoms with Gasteiger partial charge in [0.25, 0.3) is 5.91 Å². The Bertz CT molecular complexity index is 548. The molecule has 3 N–H and O–H groups in total. The van der Waals surface area contributed by atoms with Gasteiger partial charge in [-0.05, 0) is 40.0 Å². The lowest BCUT2D eigenvalue weighted by molar-refractivity contribution is 0.0674. The number of hydrogen-bond acceptors (Lipinski definition) is 4. The summed E-state index contributed by atoms with van der Waals surface area (Å²) in [7, 11) is 0. The largest absolute Gasteiger partial charge is 0.466 e. The van der Waals surface area contributed by atoms with Crippen LogP contribution in [-0.4, -0.2) is 34.4 Å². The zero-order valence-corrected chi connectivity index (χ0v) is 12.1. The summed E-state index contributed by atoms with van der Waals surface area (Å²) in [6.07, 6.45) is 2.61. The number of aryl methyl sites for hydroxylation is 2. The minimum absolute atomic E-state index is 0.0913. The highest BCUT2D eigenvalue weighted by Gasteiger charge is 2.33. The molecule has 6 nitrogen and oxygen atoms in total. The molecule has 1 saturated heterocycles. The minimum Gasteiger partial charge on any atom is -0.466 e. The van der Waals surface area contributed by atoms with Gasteiger partial charge in [-0.1, -0.05) is 5.16 Å². The summed E-state index contributed by atoms with van der Waals surface area (Å²) < 4.78 is 5.52. The number of likely N-dealkylation sites (tertiary alicyclic amines) is 1. The topological polar surface area (TPSA) is 92.1 Å². The molecule has 20 heavy (non-hydrogen) atoms. The van der Waals surface area contributed by atoms with Gasteiger partial charge in [-0.15, -0.1) is 0 Å². The molecule has 1 aromatic heterocycles. The molecule has 1 aromatic rings. The Morgan fingerprint density at radius 2 is 2.05 bits per heavy atom. The Kier molecular flexibility index (Phi) is 4.01. The molecular formula is C14H21N3O3. The van der Waals surface area contributed by atoms with E-state index in [1.807, 2.05) is 13.8 Å². The van der Waals surface area contributed by atoms with Crippen molar-refractivity contribution in [3.05, 3.63) is 22.6 Å². The number of furan rings is 1. The Morgan fingerprint density at radius 3 is 2.60 bits per heavy atom. The van der Waals surface area contributed by atoms with E-state index in [2.05, 4.69) is 5.16 Å². The molecule has 110 valence electrons. The van der Waals surface area contributed by atoms with E-state index >= 15 is 0 Å². The molecule has 2 rings (SSSR count). The van der Waals surface area contributed by atoms with E-state index in [9.17, 15) is 4.79 Å². The fraction of sp³-hybridized carbons (Fsp3) is 0.571. The minimum atomic E-state index is -0.338. The molecule has 0 aromatic carbocycles. The van der Waals surface area contributed by atoms with Crippen molar-refractivity contribution in [1.82, 2.24) is 4.90 Å². The van der Waals surface area contributed by atoms with Crippen molar-refractivity contribution < 1.29 is 14.4 Å². The number of nitrogens with zero attached hydrogens (tertiary/aromatic N) is 2. The van der Waals surface area contributed by atoms with E-state index in [0.717, 1.165) is 30.6 Å². The quantitative estimate of drug-likeness (QED) is 0.374. The van der Waals surface area contributed by atoms with Gasteiger partial charge in [0.2, 0.25) is 0 Å². The summed E-state index contributed by atoms with van der Waals surface area (Å²) in [6, 6.07) is -0.338. The third-order valence-electron chi connectivity index (χ3n) is 4.00. The molecule has 2 heterocycles. The van der Waals surface area contributed by atoms with E-state index in [1.165, 1.54) is 0 Å². The lowest BCUT2D eigenvalue weighted by Gasteiger charge is -2.34. The van der Waals surface area contributed by atoms with E-state index in [1.54, 1.807) is 11.8 Å². The van der Waals surface area contributed by atoms with Gasteiger partial charge in [0.15, 0.2) is 5.84 Å². The lowest BCUT2D eigenvalue weighted by Crippen LogP contribution is -2.50.